The van der Waals surface area contributed by atoms with Gasteiger partial charge in [0.2, 0.25) is 0 Å². The highest BCUT2D eigenvalue weighted by Gasteiger charge is 2.26. The third-order valence-corrected chi connectivity index (χ3v) is 4.81. The Labute approximate surface area is 142 Å². The lowest BCUT2D eigenvalue weighted by molar-refractivity contribution is 0.0691. The SMILES string of the molecule is Cn1c2c(c(O)c(C(=O)O)c1=O)CC=Cc1cc3c(ccn3C)cc1-2. The number of hydrogen-bond donors (Lipinski definition) is 2. The number of aromatic carboxylic acids is 1. The van der Waals surface area contributed by atoms with Crippen molar-refractivity contribution in [2.24, 2.45) is 14.1 Å². The molecule has 1 aromatic carbocycles. The number of carbonyl (C=O) groups is 1. The van der Waals surface area contributed by atoms with E-state index in [2.05, 4.69) is 0 Å². The molecule has 0 aliphatic heterocycles. The Kier molecular flexibility index (Phi) is 3.12. The first-order chi connectivity index (χ1) is 11.9. The van der Waals surface area contributed by atoms with Gasteiger partial charge in [-0.3, -0.25) is 4.79 Å². The van der Waals surface area contributed by atoms with E-state index in [1.54, 1.807) is 0 Å². The van der Waals surface area contributed by atoms with Gasteiger partial charge in [-0.15, -0.1) is 0 Å². The van der Waals surface area contributed by atoms with E-state index in [1.807, 2.05) is 48.2 Å². The summed E-state index contributed by atoms with van der Waals surface area (Å²) in [4.78, 5) is 23.9. The highest BCUT2D eigenvalue weighted by Crippen LogP contribution is 2.38. The van der Waals surface area contributed by atoms with Gasteiger partial charge < -0.3 is 19.3 Å². The molecule has 0 saturated carbocycles. The topological polar surface area (TPSA) is 84.5 Å². The zero-order valence-corrected chi connectivity index (χ0v) is 13.8. The Morgan fingerprint density at radius 2 is 2.00 bits per heavy atom. The van der Waals surface area contributed by atoms with Crippen LogP contribution in [0.15, 0.2) is 35.3 Å². The molecular formula is C19H16N2O4. The summed E-state index contributed by atoms with van der Waals surface area (Å²) in [5, 5.41) is 20.7. The maximum Gasteiger partial charge on any atom is 0.345 e. The van der Waals surface area contributed by atoms with E-state index >= 15 is 0 Å². The van der Waals surface area contributed by atoms with Gasteiger partial charge in [-0.25, -0.2) is 4.79 Å². The van der Waals surface area contributed by atoms with Gasteiger partial charge in [0.15, 0.2) is 5.56 Å². The summed E-state index contributed by atoms with van der Waals surface area (Å²) >= 11 is 0. The highest BCUT2D eigenvalue weighted by molar-refractivity contribution is 5.95. The number of aromatic nitrogens is 2. The first kappa shape index (κ1) is 15.3. The van der Waals surface area contributed by atoms with Crippen LogP contribution in [0.3, 0.4) is 0 Å². The second-order valence-corrected chi connectivity index (χ2v) is 6.25. The zero-order valence-electron chi connectivity index (χ0n) is 13.8. The second kappa shape index (κ2) is 5.11. The molecule has 0 atom stereocenters. The summed E-state index contributed by atoms with van der Waals surface area (Å²) in [7, 11) is 3.50. The minimum absolute atomic E-state index is 0.348. The fourth-order valence-electron chi connectivity index (χ4n) is 3.54. The van der Waals surface area contributed by atoms with E-state index in [1.165, 1.54) is 11.6 Å². The van der Waals surface area contributed by atoms with Gasteiger partial charge in [-0.2, -0.15) is 0 Å². The van der Waals surface area contributed by atoms with Crippen LogP contribution < -0.4 is 5.56 Å². The third-order valence-electron chi connectivity index (χ3n) is 4.81. The zero-order chi connectivity index (χ0) is 17.9. The minimum atomic E-state index is -1.42. The number of fused-ring (bicyclic) bond motifs is 4. The van der Waals surface area contributed by atoms with Crippen LogP contribution in [0.5, 0.6) is 5.75 Å². The van der Waals surface area contributed by atoms with Crippen molar-refractivity contribution >= 4 is 22.9 Å². The van der Waals surface area contributed by atoms with Gasteiger partial charge in [-0.05, 0) is 30.2 Å². The van der Waals surface area contributed by atoms with Gasteiger partial charge in [0.1, 0.15) is 5.75 Å². The normalized spacial score (nSPS) is 12.7. The number of benzene rings is 1. The Morgan fingerprint density at radius 1 is 1.24 bits per heavy atom. The smallest absolute Gasteiger partial charge is 0.345 e. The number of rotatable bonds is 1. The summed E-state index contributed by atoms with van der Waals surface area (Å²) in [5.41, 5.74) is 2.48. The summed E-state index contributed by atoms with van der Waals surface area (Å²) in [6, 6.07) is 5.98. The number of carboxylic acids is 1. The van der Waals surface area contributed by atoms with Crippen LogP contribution in [0, 0.1) is 0 Å². The fourth-order valence-corrected chi connectivity index (χ4v) is 3.54. The first-order valence-electron chi connectivity index (χ1n) is 7.84. The van der Waals surface area contributed by atoms with Crippen LogP contribution in [0.25, 0.3) is 28.2 Å². The van der Waals surface area contributed by atoms with Crippen molar-refractivity contribution in [3.05, 3.63) is 57.5 Å². The van der Waals surface area contributed by atoms with Crippen molar-refractivity contribution < 1.29 is 15.0 Å². The van der Waals surface area contributed by atoms with Crippen LogP contribution in [0.4, 0.5) is 0 Å². The molecule has 3 aromatic rings. The third kappa shape index (κ3) is 2.04. The summed E-state index contributed by atoms with van der Waals surface area (Å²) in [5.74, 6) is -1.87. The molecule has 0 spiro atoms. The molecular weight excluding hydrogens is 320 g/mol. The standard InChI is InChI=1S/C19H16N2O4/c1-20-7-6-11-8-13-10(9-14(11)20)4-3-5-12-16(13)21(2)18(23)15(17(12)22)19(24)25/h3-4,6-9,22H,5H2,1-2H3,(H,24,25). The molecule has 126 valence electrons. The van der Waals surface area contributed by atoms with Crippen molar-refractivity contribution in [1.82, 2.24) is 9.13 Å². The molecule has 0 unspecified atom stereocenters. The van der Waals surface area contributed by atoms with Gasteiger partial charge in [-0.1, -0.05) is 12.2 Å². The van der Waals surface area contributed by atoms with Crippen molar-refractivity contribution in [2.75, 3.05) is 0 Å². The van der Waals surface area contributed by atoms with Gasteiger partial charge in [0, 0.05) is 42.3 Å². The first-order valence-corrected chi connectivity index (χ1v) is 7.84. The van der Waals surface area contributed by atoms with Gasteiger partial charge in [0.05, 0.1) is 5.69 Å². The molecule has 0 fully saturated rings. The Hall–Kier alpha value is -3.28. The maximum atomic E-state index is 12.5. The number of hydrogen-bond acceptors (Lipinski definition) is 3. The van der Waals surface area contributed by atoms with Crippen molar-refractivity contribution in [2.45, 2.75) is 6.42 Å². The maximum absolute atomic E-state index is 12.5. The molecule has 0 saturated heterocycles. The molecule has 2 aromatic heterocycles. The van der Waals surface area contributed by atoms with Gasteiger partial charge in [0.25, 0.3) is 5.56 Å². The van der Waals surface area contributed by atoms with E-state index in [0.29, 0.717) is 17.7 Å². The van der Waals surface area contributed by atoms with Crippen molar-refractivity contribution in [3.8, 4) is 17.0 Å². The lowest BCUT2D eigenvalue weighted by Crippen LogP contribution is -2.27. The number of pyridine rings is 1. The molecule has 6 heteroatoms. The number of carboxylic acid groups (broad SMARTS) is 1. The van der Waals surface area contributed by atoms with Crippen LogP contribution in [-0.4, -0.2) is 25.3 Å². The Balaban J connectivity index is 2.15. The van der Waals surface area contributed by atoms with Gasteiger partial charge >= 0.3 is 5.97 Å². The van der Waals surface area contributed by atoms with Crippen LogP contribution in [0.1, 0.15) is 21.5 Å². The number of allylic oxidation sites excluding steroid dienone is 1. The highest BCUT2D eigenvalue weighted by atomic mass is 16.4. The fraction of sp³-hybridized carbons (Fsp3) is 0.158. The largest absolute Gasteiger partial charge is 0.506 e. The van der Waals surface area contributed by atoms with Crippen molar-refractivity contribution in [3.63, 3.8) is 0 Å². The molecule has 0 bridgehead atoms. The Bertz CT molecular complexity index is 1150. The van der Waals surface area contributed by atoms with Crippen LogP contribution in [0.2, 0.25) is 0 Å². The lowest BCUT2D eigenvalue weighted by atomic mass is 9.97. The van der Waals surface area contributed by atoms with Crippen molar-refractivity contribution in [1.29, 1.82) is 0 Å². The number of aryl methyl sites for hydroxylation is 1. The molecule has 0 amide bonds. The molecule has 1 aliphatic rings. The van der Waals surface area contributed by atoms with E-state index in [-0.39, 0.29) is 0 Å². The predicted molar refractivity (Wildman–Crippen MR) is 95.0 cm³/mol. The number of aromatic hydroxyl groups is 1. The quantitative estimate of drug-likeness (QED) is 0.715. The van der Waals surface area contributed by atoms with Crippen LogP contribution in [-0.2, 0) is 20.5 Å². The molecule has 25 heavy (non-hydrogen) atoms. The monoisotopic (exact) mass is 336 g/mol. The molecule has 1 aliphatic carbocycles. The van der Waals surface area contributed by atoms with E-state index in [4.69, 9.17) is 0 Å². The molecule has 2 N–H and O–H groups in total. The lowest BCUT2D eigenvalue weighted by Gasteiger charge is -2.17. The average molecular weight is 336 g/mol. The average Bonchev–Trinajstić information content (AvgIpc) is 2.81. The summed E-state index contributed by atoms with van der Waals surface area (Å²) in [6.07, 6.45) is 6.11. The number of nitrogens with zero attached hydrogens (tertiary/aromatic N) is 2. The summed E-state index contributed by atoms with van der Waals surface area (Å²) in [6.45, 7) is 0. The predicted octanol–water partition coefficient (Wildman–Crippen LogP) is 2.52. The Morgan fingerprint density at radius 3 is 2.72 bits per heavy atom. The van der Waals surface area contributed by atoms with E-state index < -0.39 is 22.8 Å². The minimum Gasteiger partial charge on any atom is -0.506 e. The molecule has 0 radical (unpaired) electrons. The van der Waals surface area contributed by atoms with Crippen LogP contribution >= 0.6 is 0 Å². The molecule has 6 nitrogen and oxygen atoms in total. The van der Waals surface area contributed by atoms with E-state index in [9.17, 15) is 19.8 Å². The molecule has 4 rings (SSSR count). The summed E-state index contributed by atoms with van der Waals surface area (Å²) < 4.78 is 3.33. The molecule has 2 heterocycles. The van der Waals surface area contributed by atoms with E-state index in [0.717, 1.165) is 22.0 Å². The second-order valence-electron chi connectivity index (χ2n) is 6.25.